The average molecular weight is 322 g/mol. The van der Waals surface area contributed by atoms with Crippen LogP contribution < -0.4 is 5.32 Å². The summed E-state index contributed by atoms with van der Waals surface area (Å²) in [6.07, 6.45) is 13.3. The van der Waals surface area contributed by atoms with Crippen LogP contribution in [0.4, 0.5) is 0 Å². The van der Waals surface area contributed by atoms with Gasteiger partial charge in [-0.3, -0.25) is 4.90 Å². The molecule has 1 aliphatic heterocycles. The molecule has 2 aliphatic carbocycles. The first-order valence-electron chi connectivity index (χ1n) is 10.4. The predicted octanol–water partition coefficient (Wildman–Crippen LogP) is 3.35. The number of rotatable bonds is 5. The van der Waals surface area contributed by atoms with Crippen molar-refractivity contribution in [2.75, 3.05) is 39.8 Å². The number of hydrogen-bond acceptors (Lipinski definition) is 3. The van der Waals surface area contributed by atoms with E-state index in [1.165, 1.54) is 90.5 Å². The van der Waals surface area contributed by atoms with Crippen LogP contribution >= 0.6 is 0 Å². The maximum atomic E-state index is 4.07. The lowest BCUT2D eigenvalue weighted by Gasteiger charge is -2.41. The van der Waals surface area contributed by atoms with Gasteiger partial charge in [0.25, 0.3) is 0 Å². The van der Waals surface area contributed by atoms with Crippen LogP contribution in [0.2, 0.25) is 0 Å². The molecule has 3 nitrogen and oxygen atoms in total. The molecule has 3 fully saturated rings. The Balaban J connectivity index is 1.47. The van der Waals surface area contributed by atoms with Gasteiger partial charge in [-0.25, -0.2) is 0 Å². The van der Waals surface area contributed by atoms with Crippen molar-refractivity contribution >= 4 is 0 Å². The summed E-state index contributed by atoms with van der Waals surface area (Å²) >= 11 is 0. The fourth-order valence-electron chi connectivity index (χ4n) is 5.33. The molecule has 3 atom stereocenters. The fraction of sp³-hybridized carbons (Fsp3) is 1.00. The molecule has 134 valence electrons. The summed E-state index contributed by atoms with van der Waals surface area (Å²) in [4.78, 5) is 5.12. The van der Waals surface area contributed by atoms with Crippen molar-refractivity contribution in [2.45, 2.75) is 76.8 Å². The Morgan fingerprint density at radius 3 is 2.26 bits per heavy atom. The zero-order chi connectivity index (χ0) is 16.1. The summed E-state index contributed by atoms with van der Waals surface area (Å²) in [5.41, 5.74) is 0. The molecule has 0 aromatic carbocycles. The summed E-state index contributed by atoms with van der Waals surface area (Å²) in [6.45, 7) is 8.63. The largest absolute Gasteiger partial charge is 0.310 e. The van der Waals surface area contributed by atoms with Crippen molar-refractivity contribution in [3.05, 3.63) is 0 Å². The van der Waals surface area contributed by atoms with E-state index in [-0.39, 0.29) is 0 Å². The van der Waals surface area contributed by atoms with E-state index in [2.05, 4.69) is 29.1 Å². The van der Waals surface area contributed by atoms with Crippen molar-refractivity contribution in [3.8, 4) is 0 Å². The van der Waals surface area contributed by atoms with Gasteiger partial charge in [-0.15, -0.1) is 0 Å². The van der Waals surface area contributed by atoms with Gasteiger partial charge in [0.15, 0.2) is 0 Å². The maximum absolute atomic E-state index is 4.07. The molecular formula is C20H39N3. The van der Waals surface area contributed by atoms with E-state index in [1.54, 1.807) is 0 Å². The monoisotopic (exact) mass is 321 g/mol. The Morgan fingerprint density at radius 2 is 1.52 bits per heavy atom. The van der Waals surface area contributed by atoms with Crippen LogP contribution in [0.1, 0.15) is 64.7 Å². The molecular weight excluding hydrogens is 282 g/mol. The zero-order valence-corrected chi connectivity index (χ0v) is 15.6. The highest BCUT2D eigenvalue weighted by molar-refractivity contribution is 4.89. The zero-order valence-electron chi connectivity index (χ0n) is 15.6. The molecule has 2 saturated carbocycles. The van der Waals surface area contributed by atoms with E-state index in [0.717, 1.165) is 17.9 Å². The highest BCUT2D eigenvalue weighted by atomic mass is 15.3. The highest BCUT2D eigenvalue weighted by Crippen LogP contribution is 2.38. The summed E-state index contributed by atoms with van der Waals surface area (Å²) in [6, 6.07) is 1.45. The van der Waals surface area contributed by atoms with Crippen molar-refractivity contribution in [1.82, 2.24) is 15.1 Å². The third kappa shape index (κ3) is 5.17. The van der Waals surface area contributed by atoms with Crippen molar-refractivity contribution in [1.29, 1.82) is 0 Å². The molecule has 1 saturated heterocycles. The Labute approximate surface area is 144 Å². The molecule has 3 heteroatoms. The van der Waals surface area contributed by atoms with Crippen molar-refractivity contribution < 1.29 is 0 Å². The molecule has 0 radical (unpaired) electrons. The normalized spacial score (nSPS) is 33.7. The number of piperazine rings is 1. The van der Waals surface area contributed by atoms with E-state index in [0.29, 0.717) is 6.04 Å². The summed E-state index contributed by atoms with van der Waals surface area (Å²) in [5, 5.41) is 4.07. The van der Waals surface area contributed by atoms with Gasteiger partial charge in [0.1, 0.15) is 0 Å². The lowest BCUT2D eigenvalue weighted by atomic mass is 9.71. The molecule has 3 unspecified atom stereocenters. The van der Waals surface area contributed by atoms with Crippen molar-refractivity contribution in [3.63, 3.8) is 0 Å². The quantitative estimate of drug-likeness (QED) is 0.838. The minimum atomic E-state index is 0.646. The van der Waals surface area contributed by atoms with Gasteiger partial charge in [-0.05, 0) is 38.6 Å². The molecule has 1 heterocycles. The van der Waals surface area contributed by atoms with Crippen LogP contribution in [-0.4, -0.2) is 61.7 Å². The molecule has 23 heavy (non-hydrogen) atoms. The van der Waals surface area contributed by atoms with E-state index in [1.807, 2.05) is 0 Å². The molecule has 3 aliphatic rings. The molecule has 0 aromatic rings. The lowest BCUT2D eigenvalue weighted by Crippen LogP contribution is -2.52. The maximum Gasteiger partial charge on any atom is 0.0169 e. The number of nitrogens with one attached hydrogen (secondary N) is 1. The molecule has 0 amide bonds. The lowest BCUT2D eigenvalue weighted by molar-refractivity contribution is 0.118. The third-order valence-corrected chi connectivity index (χ3v) is 6.70. The number of likely N-dealkylation sites (N-methyl/N-ethyl adjacent to an activating group) is 1. The minimum Gasteiger partial charge on any atom is -0.310 e. The van der Waals surface area contributed by atoms with Crippen LogP contribution in [0.3, 0.4) is 0 Å². The third-order valence-electron chi connectivity index (χ3n) is 6.70. The van der Waals surface area contributed by atoms with Gasteiger partial charge in [0, 0.05) is 44.8 Å². The number of hydrogen-bond donors (Lipinski definition) is 1. The average Bonchev–Trinajstić information content (AvgIpc) is 2.58. The molecule has 0 spiro atoms. The Hall–Kier alpha value is -0.120. The van der Waals surface area contributed by atoms with E-state index < -0.39 is 0 Å². The molecule has 1 N–H and O–H groups in total. The summed E-state index contributed by atoms with van der Waals surface area (Å²) < 4.78 is 0. The van der Waals surface area contributed by atoms with Crippen molar-refractivity contribution in [2.24, 2.45) is 11.8 Å². The summed E-state index contributed by atoms with van der Waals surface area (Å²) in [5.74, 6) is 2.00. The molecule has 0 aromatic heterocycles. The molecule has 0 bridgehead atoms. The number of nitrogens with zero attached hydrogens (tertiary/aromatic N) is 2. The minimum absolute atomic E-state index is 0.646. The standard InChI is InChI=1S/C20H39N3/c1-17(16-23-14-12-22(2)13-15-23)21-20-11-7-6-10-19(20)18-8-4-3-5-9-18/h17-21H,3-16H2,1-2H3. The Bertz CT molecular complexity index is 332. The smallest absolute Gasteiger partial charge is 0.0169 e. The van der Waals surface area contributed by atoms with Crippen LogP contribution in [0.15, 0.2) is 0 Å². The Morgan fingerprint density at radius 1 is 0.870 bits per heavy atom. The predicted molar refractivity (Wildman–Crippen MR) is 98.9 cm³/mol. The first-order chi connectivity index (χ1) is 11.2. The van der Waals surface area contributed by atoms with Crippen LogP contribution in [-0.2, 0) is 0 Å². The first kappa shape index (κ1) is 17.7. The fourth-order valence-corrected chi connectivity index (χ4v) is 5.33. The first-order valence-corrected chi connectivity index (χ1v) is 10.4. The topological polar surface area (TPSA) is 18.5 Å². The van der Waals surface area contributed by atoms with Gasteiger partial charge in [0.2, 0.25) is 0 Å². The van der Waals surface area contributed by atoms with Gasteiger partial charge < -0.3 is 10.2 Å². The summed E-state index contributed by atoms with van der Waals surface area (Å²) in [7, 11) is 2.25. The van der Waals surface area contributed by atoms with Gasteiger partial charge in [0.05, 0.1) is 0 Å². The molecule has 3 rings (SSSR count). The van der Waals surface area contributed by atoms with Gasteiger partial charge >= 0.3 is 0 Å². The van der Waals surface area contributed by atoms with Gasteiger partial charge in [-0.1, -0.05) is 44.9 Å². The van der Waals surface area contributed by atoms with Crippen LogP contribution in [0.25, 0.3) is 0 Å². The van der Waals surface area contributed by atoms with E-state index in [9.17, 15) is 0 Å². The second-order valence-electron chi connectivity index (χ2n) is 8.62. The van der Waals surface area contributed by atoms with Crippen LogP contribution in [0.5, 0.6) is 0 Å². The highest BCUT2D eigenvalue weighted by Gasteiger charge is 2.33. The van der Waals surface area contributed by atoms with E-state index in [4.69, 9.17) is 0 Å². The van der Waals surface area contributed by atoms with Crippen LogP contribution in [0, 0.1) is 11.8 Å². The second kappa shape index (κ2) is 8.82. The SMILES string of the molecule is CC(CN1CCN(C)CC1)NC1CCCCC1C1CCCCC1. The Kier molecular flexibility index (Phi) is 6.79. The van der Waals surface area contributed by atoms with Gasteiger partial charge in [-0.2, -0.15) is 0 Å². The van der Waals surface area contributed by atoms with E-state index >= 15 is 0 Å². The second-order valence-corrected chi connectivity index (χ2v) is 8.62.